The molecule has 126 valence electrons. The molecule has 1 unspecified atom stereocenters. The molecule has 0 radical (unpaired) electrons. The quantitative estimate of drug-likeness (QED) is 0.928. The van der Waals surface area contributed by atoms with Crippen LogP contribution in [0.2, 0.25) is 0 Å². The highest BCUT2D eigenvalue weighted by molar-refractivity contribution is 5.94. The van der Waals surface area contributed by atoms with Crippen molar-refractivity contribution >= 4 is 5.91 Å². The van der Waals surface area contributed by atoms with E-state index in [4.69, 9.17) is 5.73 Å². The Labute approximate surface area is 139 Å². The number of likely N-dealkylation sites (tertiary alicyclic amines) is 2. The van der Waals surface area contributed by atoms with Crippen LogP contribution in [-0.4, -0.2) is 47.9 Å². The SMILES string of the molecule is CC(N)C1CCN(C(=O)c2cccc(CN3CCCC3)c2)CC1. The second-order valence-electron chi connectivity index (χ2n) is 7.17. The molecule has 23 heavy (non-hydrogen) atoms. The number of amides is 1. The van der Waals surface area contributed by atoms with E-state index in [1.54, 1.807) is 0 Å². The Morgan fingerprint density at radius 3 is 2.57 bits per heavy atom. The van der Waals surface area contributed by atoms with Crippen LogP contribution in [0.1, 0.15) is 48.5 Å². The molecule has 4 heteroatoms. The third-order valence-electron chi connectivity index (χ3n) is 5.35. The largest absolute Gasteiger partial charge is 0.339 e. The predicted molar refractivity (Wildman–Crippen MR) is 93.2 cm³/mol. The third-order valence-corrected chi connectivity index (χ3v) is 5.35. The maximum Gasteiger partial charge on any atom is 0.253 e. The standard InChI is InChI=1S/C19H29N3O/c1-15(20)17-7-11-22(12-8-17)19(23)18-6-4-5-16(13-18)14-21-9-2-3-10-21/h4-6,13,15,17H,2-3,7-12,14,20H2,1H3. The van der Waals surface area contributed by atoms with E-state index in [1.165, 1.54) is 31.5 Å². The highest BCUT2D eigenvalue weighted by Gasteiger charge is 2.25. The molecule has 2 saturated heterocycles. The Morgan fingerprint density at radius 1 is 1.22 bits per heavy atom. The minimum Gasteiger partial charge on any atom is -0.339 e. The number of carbonyl (C=O) groups is 1. The van der Waals surface area contributed by atoms with Crippen LogP contribution in [0, 0.1) is 5.92 Å². The number of rotatable bonds is 4. The maximum absolute atomic E-state index is 12.7. The van der Waals surface area contributed by atoms with Crippen LogP contribution in [0.15, 0.2) is 24.3 Å². The fourth-order valence-corrected chi connectivity index (χ4v) is 3.81. The highest BCUT2D eigenvalue weighted by atomic mass is 16.2. The second-order valence-corrected chi connectivity index (χ2v) is 7.17. The number of hydrogen-bond donors (Lipinski definition) is 1. The Balaban J connectivity index is 1.61. The molecular weight excluding hydrogens is 286 g/mol. The molecule has 0 spiro atoms. The third kappa shape index (κ3) is 4.12. The Morgan fingerprint density at radius 2 is 1.91 bits per heavy atom. The van der Waals surface area contributed by atoms with Gasteiger partial charge in [0.15, 0.2) is 0 Å². The second kappa shape index (κ2) is 7.45. The number of nitrogens with zero attached hydrogens (tertiary/aromatic N) is 2. The van der Waals surface area contributed by atoms with Gasteiger partial charge in [-0.05, 0) is 69.3 Å². The number of carbonyl (C=O) groups excluding carboxylic acids is 1. The molecule has 0 aliphatic carbocycles. The fraction of sp³-hybridized carbons (Fsp3) is 0.632. The van der Waals surface area contributed by atoms with E-state index in [2.05, 4.69) is 24.0 Å². The lowest BCUT2D eigenvalue weighted by Crippen LogP contribution is -2.42. The van der Waals surface area contributed by atoms with Crippen LogP contribution in [0.25, 0.3) is 0 Å². The molecule has 0 saturated carbocycles. The molecule has 1 amide bonds. The van der Waals surface area contributed by atoms with Gasteiger partial charge < -0.3 is 10.6 Å². The average molecular weight is 315 g/mol. The molecule has 2 N–H and O–H groups in total. The molecule has 2 aliphatic rings. The lowest BCUT2D eigenvalue weighted by atomic mass is 9.90. The van der Waals surface area contributed by atoms with Crippen molar-refractivity contribution in [1.29, 1.82) is 0 Å². The van der Waals surface area contributed by atoms with Gasteiger partial charge in [-0.25, -0.2) is 0 Å². The zero-order chi connectivity index (χ0) is 16.2. The van der Waals surface area contributed by atoms with Gasteiger partial charge in [0.05, 0.1) is 0 Å². The topological polar surface area (TPSA) is 49.6 Å². The Bertz CT molecular complexity index is 529. The molecule has 0 aromatic heterocycles. The van der Waals surface area contributed by atoms with E-state index >= 15 is 0 Å². The Kier molecular flexibility index (Phi) is 5.34. The van der Waals surface area contributed by atoms with Gasteiger partial charge in [0.1, 0.15) is 0 Å². The van der Waals surface area contributed by atoms with Gasteiger partial charge in [-0.2, -0.15) is 0 Å². The molecule has 1 aromatic rings. The van der Waals surface area contributed by atoms with Gasteiger partial charge in [0.25, 0.3) is 5.91 Å². The van der Waals surface area contributed by atoms with Crippen molar-refractivity contribution in [3.05, 3.63) is 35.4 Å². The minimum atomic E-state index is 0.177. The molecular formula is C19H29N3O. The zero-order valence-electron chi connectivity index (χ0n) is 14.2. The number of nitrogens with two attached hydrogens (primary N) is 1. The highest BCUT2D eigenvalue weighted by Crippen LogP contribution is 2.22. The normalized spacial score (nSPS) is 21.6. The smallest absolute Gasteiger partial charge is 0.253 e. The van der Waals surface area contributed by atoms with Crippen molar-refractivity contribution in [3.8, 4) is 0 Å². The van der Waals surface area contributed by atoms with Crippen molar-refractivity contribution in [1.82, 2.24) is 9.80 Å². The minimum absolute atomic E-state index is 0.177. The van der Waals surface area contributed by atoms with Crippen molar-refractivity contribution in [2.75, 3.05) is 26.2 Å². The summed E-state index contributed by atoms with van der Waals surface area (Å²) in [6, 6.07) is 8.42. The lowest BCUT2D eigenvalue weighted by molar-refractivity contribution is 0.0681. The van der Waals surface area contributed by atoms with Crippen LogP contribution in [0.3, 0.4) is 0 Å². The molecule has 4 nitrogen and oxygen atoms in total. The molecule has 3 rings (SSSR count). The van der Waals surface area contributed by atoms with Crippen LogP contribution in [-0.2, 0) is 6.54 Å². The molecule has 1 aromatic carbocycles. The summed E-state index contributed by atoms with van der Waals surface area (Å²) in [4.78, 5) is 17.2. The number of benzene rings is 1. The van der Waals surface area contributed by atoms with E-state index in [-0.39, 0.29) is 11.9 Å². The summed E-state index contributed by atoms with van der Waals surface area (Å²) < 4.78 is 0. The first-order chi connectivity index (χ1) is 11.1. The van der Waals surface area contributed by atoms with Crippen LogP contribution < -0.4 is 5.73 Å². The molecule has 2 heterocycles. The summed E-state index contributed by atoms with van der Waals surface area (Å²) >= 11 is 0. The number of piperidine rings is 1. The van der Waals surface area contributed by atoms with Crippen LogP contribution in [0.4, 0.5) is 0 Å². The maximum atomic E-state index is 12.7. The van der Waals surface area contributed by atoms with Crippen molar-refractivity contribution < 1.29 is 4.79 Å². The molecule has 2 aliphatic heterocycles. The summed E-state index contributed by atoms with van der Waals surface area (Å²) in [5.74, 6) is 0.733. The predicted octanol–water partition coefficient (Wildman–Crippen LogP) is 2.48. The summed E-state index contributed by atoms with van der Waals surface area (Å²) in [5.41, 5.74) is 8.08. The Hall–Kier alpha value is -1.39. The first kappa shape index (κ1) is 16.5. The first-order valence-electron chi connectivity index (χ1n) is 8.99. The number of hydrogen-bond acceptors (Lipinski definition) is 3. The van der Waals surface area contributed by atoms with Gasteiger partial charge in [0.2, 0.25) is 0 Å². The van der Waals surface area contributed by atoms with Gasteiger partial charge in [0, 0.05) is 31.2 Å². The van der Waals surface area contributed by atoms with E-state index < -0.39 is 0 Å². The van der Waals surface area contributed by atoms with Gasteiger partial charge in [-0.1, -0.05) is 12.1 Å². The van der Waals surface area contributed by atoms with Crippen LogP contribution >= 0.6 is 0 Å². The summed E-state index contributed by atoms with van der Waals surface area (Å²) in [6.07, 6.45) is 4.65. The van der Waals surface area contributed by atoms with Gasteiger partial charge >= 0.3 is 0 Å². The first-order valence-corrected chi connectivity index (χ1v) is 8.99. The fourth-order valence-electron chi connectivity index (χ4n) is 3.81. The van der Waals surface area contributed by atoms with E-state index in [0.29, 0.717) is 5.92 Å². The van der Waals surface area contributed by atoms with E-state index in [0.717, 1.165) is 38.0 Å². The van der Waals surface area contributed by atoms with E-state index in [1.807, 2.05) is 17.0 Å². The molecule has 1 atom stereocenters. The average Bonchev–Trinajstić information content (AvgIpc) is 3.07. The monoisotopic (exact) mass is 315 g/mol. The van der Waals surface area contributed by atoms with Crippen molar-refractivity contribution in [2.24, 2.45) is 11.7 Å². The lowest BCUT2D eigenvalue weighted by Gasteiger charge is -2.33. The summed E-state index contributed by atoms with van der Waals surface area (Å²) in [6.45, 7) is 7.08. The zero-order valence-corrected chi connectivity index (χ0v) is 14.2. The van der Waals surface area contributed by atoms with E-state index in [9.17, 15) is 4.79 Å². The van der Waals surface area contributed by atoms with Crippen molar-refractivity contribution in [3.63, 3.8) is 0 Å². The molecule has 2 fully saturated rings. The summed E-state index contributed by atoms with van der Waals surface area (Å²) in [7, 11) is 0. The van der Waals surface area contributed by atoms with Crippen LogP contribution in [0.5, 0.6) is 0 Å². The van der Waals surface area contributed by atoms with Gasteiger partial charge in [-0.3, -0.25) is 9.69 Å². The molecule has 0 bridgehead atoms. The van der Waals surface area contributed by atoms with Crippen molar-refractivity contribution in [2.45, 2.75) is 45.2 Å². The van der Waals surface area contributed by atoms with Gasteiger partial charge in [-0.15, -0.1) is 0 Å². The summed E-state index contributed by atoms with van der Waals surface area (Å²) in [5, 5.41) is 0.